The number of nitrogens with two attached hydrogens (primary N) is 4. The summed E-state index contributed by atoms with van der Waals surface area (Å²) in [5, 5.41) is 0. The Morgan fingerprint density at radius 1 is 0.818 bits per heavy atom. The molecule has 4 unspecified atom stereocenters. The van der Waals surface area contributed by atoms with Crippen LogP contribution >= 0.6 is 13.5 Å². The van der Waals surface area contributed by atoms with Crippen LogP contribution in [0.15, 0.2) is 25.3 Å². The van der Waals surface area contributed by atoms with E-state index in [1.807, 2.05) is 0 Å². The van der Waals surface area contributed by atoms with Crippen LogP contribution in [0.25, 0.3) is 22.3 Å². The van der Waals surface area contributed by atoms with E-state index in [0.717, 1.165) is 0 Å². The highest BCUT2D eigenvalue weighted by Gasteiger charge is 2.51. The average molecular weight is 688 g/mol. The largest absolute Gasteiger partial charge is 0.660 e. The molecule has 10 atom stereocenters. The summed E-state index contributed by atoms with van der Waals surface area (Å²) in [5.41, 5.74) is 26.2. The first-order valence-electron chi connectivity index (χ1n) is 12.9. The molecule has 0 radical (unpaired) electrons. The van der Waals surface area contributed by atoms with E-state index in [4.69, 9.17) is 74.6 Å². The maximum Gasteiger partial charge on any atom is 0.325 e. The fourth-order valence-electron chi connectivity index (χ4n) is 5.37. The molecule has 20 nitrogen and oxygen atoms in total. The molecule has 7 rings (SSSR count). The van der Waals surface area contributed by atoms with E-state index >= 15 is 0 Å². The summed E-state index contributed by atoms with van der Waals surface area (Å²) in [4.78, 5) is 35.8. The van der Waals surface area contributed by atoms with Crippen LogP contribution in [-0.2, 0) is 56.2 Å². The van der Waals surface area contributed by atoms with Crippen molar-refractivity contribution in [3.05, 3.63) is 25.3 Å². The van der Waals surface area contributed by atoms with Crippen molar-refractivity contribution in [2.75, 3.05) is 24.7 Å². The lowest BCUT2D eigenvalue weighted by Gasteiger charge is -2.34. The number of ether oxygens (including phenoxy) is 2. The minimum absolute atomic E-state index is 0.153. The lowest BCUT2D eigenvalue weighted by molar-refractivity contribution is -0.0558. The highest BCUT2D eigenvalue weighted by atomic mass is 32.7. The Kier molecular flexibility index (Phi) is 7.64. The van der Waals surface area contributed by atoms with E-state index < -0.39 is 69.1 Å². The van der Waals surface area contributed by atoms with Crippen LogP contribution in [-0.4, -0.2) is 93.6 Å². The fourth-order valence-corrected chi connectivity index (χ4v) is 8.28. The van der Waals surface area contributed by atoms with Crippen molar-refractivity contribution >= 4 is 71.5 Å². The number of hydrogen-bond donors (Lipinski definition) is 5. The van der Waals surface area contributed by atoms with E-state index in [1.54, 1.807) is 0 Å². The molecule has 3 saturated heterocycles. The molecule has 3 fully saturated rings. The van der Waals surface area contributed by atoms with Gasteiger partial charge >= 0.3 is 6.72 Å². The summed E-state index contributed by atoms with van der Waals surface area (Å²) in [6, 6.07) is -1.96. The molecule has 236 valence electrons. The molecule has 0 aliphatic carbocycles. The van der Waals surface area contributed by atoms with E-state index in [0.29, 0.717) is 22.3 Å². The molecule has 0 bridgehead atoms. The topological polar surface area (TPSA) is 284 Å². The summed E-state index contributed by atoms with van der Waals surface area (Å²) in [6.07, 6.45) is -0.876. The second kappa shape index (κ2) is 11.1. The van der Waals surface area contributed by atoms with Crippen LogP contribution in [0.4, 0.5) is 11.6 Å². The van der Waals surface area contributed by atoms with Gasteiger partial charge in [-0.3, -0.25) is 13.7 Å². The van der Waals surface area contributed by atoms with Gasteiger partial charge in [-0.2, -0.15) is 0 Å². The number of imidazole rings is 2. The third-order valence-electron chi connectivity index (χ3n) is 7.41. The molecule has 24 heteroatoms. The monoisotopic (exact) mass is 687 g/mol. The molecule has 7 heterocycles. The predicted octanol–water partition coefficient (Wildman–Crippen LogP) is -1.03. The van der Waals surface area contributed by atoms with Gasteiger partial charge in [0, 0.05) is 0 Å². The standard InChI is InChI=1S/C20H26N12O8P2S2/c21-9-13-7(37-19(9)31-5-29-11-15(23)25-3-27-17(11)31)1-35-41(33,43)40-14-8(2-36-42(34,44)39-13)38-20(10(14)22)32-6-30-12-16(24)26-4-28-18(12)32/h3-10,13-14,19-20H,1-2,21-22H2,(H,33,43)(H,34,44)(H2,23,25,27)(H2,24,26,28)/p-1/t7-,8-,9?,10?,13+,14+,19-,20-,41?,42?/m1/s1. The first-order chi connectivity index (χ1) is 20.9. The molecule has 0 amide bonds. The number of anilines is 2. The van der Waals surface area contributed by atoms with E-state index in [2.05, 4.69) is 29.9 Å². The number of aromatic nitrogens is 8. The van der Waals surface area contributed by atoms with Crippen molar-refractivity contribution in [2.24, 2.45) is 11.5 Å². The number of fused-ring (bicyclic) bond motifs is 4. The van der Waals surface area contributed by atoms with Gasteiger partial charge in [0.2, 0.25) is 0 Å². The summed E-state index contributed by atoms with van der Waals surface area (Å²) in [6.45, 7) is -9.07. The zero-order chi connectivity index (χ0) is 31.0. The van der Waals surface area contributed by atoms with Gasteiger partial charge in [-0.15, -0.1) is 0 Å². The van der Waals surface area contributed by atoms with Crippen molar-refractivity contribution in [3.8, 4) is 0 Å². The smallest absolute Gasteiger partial charge is 0.325 e. The second-order valence-corrected chi connectivity index (χ2v) is 15.6. The van der Waals surface area contributed by atoms with Crippen molar-refractivity contribution in [3.63, 3.8) is 0 Å². The van der Waals surface area contributed by atoms with Crippen LogP contribution in [0, 0.1) is 0 Å². The Morgan fingerprint density at radius 2 is 1.30 bits per heavy atom. The lowest BCUT2D eigenvalue weighted by Crippen LogP contribution is -2.43. The first kappa shape index (κ1) is 30.2. The highest BCUT2D eigenvalue weighted by molar-refractivity contribution is 8.32. The zero-order valence-corrected chi connectivity index (χ0v) is 25.7. The molecule has 3 aliphatic rings. The molecule has 4 aromatic rings. The number of nitrogen functional groups attached to an aromatic ring is 2. The number of nitrogens with zero attached hydrogens (tertiary/aromatic N) is 8. The van der Waals surface area contributed by atoms with Gasteiger partial charge < -0.3 is 67.6 Å². The summed E-state index contributed by atoms with van der Waals surface area (Å²) in [5.74, 6) is 0.307. The lowest BCUT2D eigenvalue weighted by atomic mass is 10.1. The van der Waals surface area contributed by atoms with Crippen molar-refractivity contribution < 1.29 is 37.0 Å². The van der Waals surface area contributed by atoms with Gasteiger partial charge in [0.15, 0.2) is 42.2 Å². The highest BCUT2D eigenvalue weighted by Crippen LogP contribution is 2.54. The molecule has 9 N–H and O–H groups in total. The molecule has 0 spiro atoms. The van der Waals surface area contributed by atoms with Gasteiger partial charge in [-0.05, 0) is 11.8 Å². The van der Waals surface area contributed by atoms with Crippen LogP contribution < -0.4 is 22.9 Å². The predicted molar refractivity (Wildman–Crippen MR) is 156 cm³/mol. The third-order valence-corrected chi connectivity index (χ3v) is 10.5. The molecular weight excluding hydrogens is 662 g/mol. The van der Waals surface area contributed by atoms with Gasteiger partial charge in [-0.25, -0.2) is 29.9 Å². The number of rotatable bonds is 2. The fraction of sp³-hybridized carbons (Fsp3) is 0.500. The van der Waals surface area contributed by atoms with Crippen molar-refractivity contribution in [1.29, 1.82) is 0 Å². The summed E-state index contributed by atoms with van der Waals surface area (Å²) < 4.78 is 51.6. The van der Waals surface area contributed by atoms with Crippen LogP contribution in [0.3, 0.4) is 0 Å². The SMILES string of the molecule is Nc1ncnc2c1ncn2[C@@H]1O[C@@H]2COP(O)(=S)O[C@@H]3C(N)[C@H](n4cnc5c(N)ncnc54)O[C@@H]3COP(=O)([S-])O[C@@H]2C1N. The van der Waals surface area contributed by atoms with Gasteiger partial charge in [0.1, 0.15) is 48.1 Å². The Bertz CT molecular complexity index is 1700. The van der Waals surface area contributed by atoms with E-state index in [-0.39, 0.29) is 18.2 Å². The Hall–Kier alpha value is -2.43. The molecular formula is C20H25N12O8P2S2-. The van der Waals surface area contributed by atoms with Crippen LogP contribution in [0.5, 0.6) is 0 Å². The van der Waals surface area contributed by atoms with Gasteiger partial charge in [-0.1, -0.05) is 0 Å². The number of hydrogen-bond acceptors (Lipinski definition) is 19. The summed E-state index contributed by atoms with van der Waals surface area (Å²) >= 11 is 10.5. The quantitative estimate of drug-likeness (QED) is 0.124. The Morgan fingerprint density at radius 3 is 1.82 bits per heavy atom. The molecule has 0 aromatic carbocycles. The second-order valence-electron chi connectivity index (χ2n) is 10.1. The van der Waals surface area contributed by atoms with Crippen molar-refractivity contribution in [2.45, 2.75) is 49.0 Å². The zero-order valence-electron chi connectivity index (χ0n) is 22.2. The van der Waals surface area contributed by atoms with Gasteiger partial charge in [0.25, 0.3) is 0 Å². The third kappa shape index (κ3) is 5.28. The van der Waals surface area contributed by atoms with E-state index in [1.165, 1.54) is 34.4 Å². The van der Waals surface area contributed by atoms with Gasteiger partial charge in [0.05, 0.1) is 38.0 Å². The van der Waals surface area contributed by atoms with Crippen LogP contribution in [0.2, 0.25) is 0 Å². The van der Waals surface area contributed by atoms with E-state index in [9.17, 15) is 9.46 Å². The maximum absolute atomic E-state index is 13.5. The average Bonchev–Trinajstić information content (AvgIpc) is 3.73. The minimum atomic E-state index is -4.25. The minimum Gasteiger partial charge on any atom is -0.660 e. The molecule has 3 aliphatic heterocycles. The molecule has 44 heavy (non-hydrogen) atoms. The van der Waals surface area contributed by atoms with Crippen molar-refractivity contribution in [1.82, 2.24) is 39.0 Å². The molecule has 0 saturated carbocycles. The summed E-state index contributed by atoms with van der Waals surface area (Å²) in [7, 11) is 0. The Labute approximate surface area is 257 Å². The Balaban J connectivity index is 1.17. The van der Waals surface area contributed by atoms with Crippen LogP contribution in [0.1, 0.15) is 12.5 Å². The molecule has 4 aromatic heterocycles. The maximum atomic E-state index is 13.5. The first-order valence-corrected chi connectivity index (χ1v) is 18.0. The normalized spacial score (nSPS) is 38.3.